The predicted octanol–water partition coefficient (Wildman–Crippen LogP) is 4.46. The van der Waals surface area contributed by atoms with Gasteiger partial charge in [0.15, 0.2) is 0 Å². The lowest BCUT2D eigenvalue weighted by Crippen LogP contribution is -2.01. The summed E-state index contributed by atoms with van der Waals surface area (Å²) in [6.07, 6.45) is 10.6. The highest BCUT2D eigenvalue weighted by molar-refractivity contribution is 4.73. The van der Waals surface area contributed by atoms with Gasteiger partial charge in [-0.3, -0.25) is 0 Å². The predicted molar refractivity (Wildman–Crippen MR) is 71.1 cm³/mol. The van der Waals surface area contributed by atoms with E-state index < -0.39 is 0 Å². The Morgan fingerprint density at radius 2 is 0.944 bits per heavy atom. The van der Waals surface area contributed by atoms with Gasteiger partial charge in [-0.05, 0) is 31.6 Å². The van der Waals surface area contributed by atoms with E-state index in [0.717, 1.165) is 38.5 Å². The van der Waals surface area contributed by atoms with Crippen LogP contribution in [-0.2, 0) is 0 Å². The molecule has 0 aromatic rings. The van der Waals surface area contributed by atoms with Gasteiger partial charge in [-0.25, -0.2) is 0 Å². The number of nitrogens with zero attached hydrogens (tertiary/aromatic N) is 3. The third kappa shape index (κ3) is 11.0. The monoisotopic (exact) mass is 245 g/mol. The van der Waals surface area contributed by atoms with E-state index in [0.29, 0.717) is 25.2 Å². The van der Waals surface area contributed by atoms with Crippen LogP contribution in [0.4, 0.5) is 0 Å². The summed E-state index contributed by atoms with van der Waals surface area (Å²) in [6.45, 7) is 0. The van der Waals surface area contributed by atoms with E-state index in [4.69, 9.17) is 15.8 Å². The molecule has 3 nitrogen and oxygen atoms in total. The fourth-order valence-corrected chi connectivity index (χ4v) is 2.18. The van der Waals surface area contributed by atoms with Crippen LogP contribution in [0.5, 0.6) is 0 Å². The normalized spacial score (nSPS) is 9.67. The minimum Gasteiger partial charge on any atom is -0.198 e. The number of hydrogen-bond donors (Lipinski definition) is 0. The molecular formula is C15H23N3. The third-order valence-corrected chi connectivity index (χ3v) is 3.20. The second kappa shape index (κ2) is 13.5. The summed E-state index contributed by atoms with van der Waals surface area (Å²) < 4.78 is 0. The van der Waals surface area contributed by atoms with Crippen molar-refractivity contribution in [1.29, 1.82) is 15.8 Å². The highest BCUT2D eigenvalue weighted by Gasteiger charge is 2.08. The van der Waals surface area contributed by atoms with Gasteiger partial charge in [0.25, 0.3) is 0 Å². The van der Waals surface area contributed by atoms with Crippen LogP contribution in [0.3, 0.4) is 0 Å². The summed E-state index contributed by atoms with van der Waals surface area (Å²) in [5.74, 6) is 0.677. The van der Waals surface area contributed by atoms with Gasteiger partial charge in [0.05, 0.1) is 18.2 Å². The van der Waals surface area contributed by atoms with Gasteiger partial charge in [-0.15, -0.1) is 0 Å². The molecule has 3 heteroatoms. The summed E-state index contributed by atoms with van der Waals surface area (Å²) in [5, 5.41) is 25.5. The Labute approximate surface area is 111 Å². The molecule has 0 aromatic heterocycles. The number of nitriles is 3. The maximum Gasteiger partial charge on any atom is 0.0621 e. The molecule has 0 spiro atoms. The zero-order valence-electron chi connectivity index (χ0n) is 11.2. The lowest BCUT2D eigenvalue weighted by atomic mass is 9.90. The lowest BCUT2D eigenvalue weighted by Gasteiger charge is -2.15. The van der Waals surface area contributed by atoms with Gasteiger partial charge in [0, 0.05) is 19.3 Å². The summed E-state index contributed by atoms with van der Waals surface area (Å²) in [5.41, 5.74) is 0. The molecule has 98 valence electrons. The topological polar surface area (TPSA) is 71.4 Å². The van der Waals surface area contributed by atoms with E-state index in [1.54, 1.807) is 0 Å². The van der Waals surface area contributed by atoms with Crippen LogP contribution in [0.15, 0.2) is 0 Å². The van der Waals surface area contributed by atoms with Gasteiger partial charge < -0.3 is 0 Å². The number of rotatable bonds is 11. The Morgan fingerprint density at radius 1 is 0.556 bits per heavy atom. The third-order valence-electron chi connectivity index (χ3n) is 3.20. The minimum atomic E-state index is 0.646. The molecule has 0 rings (SSSR count). The zero-order chi connectivity index (χ0) is 13.5. The lowest BCUT2D eigenvalue weighted by molar-refractivity contribution is 0.382. The molecule has 0 aliphatic heterocycles. The highest BCUT2D eigenvalue weighted by Crippen LogP contribution is 2.22. The van der Waals surface area contributed by atoms with Gasteiger partial charge >= 0.3 is 0 Å². The quantitative estimate of drug-likeness (QED) is 0.504. The average Bonchev–Trinajstić information content (AvgIpc) is 2.39. The van der Waals surface area contributed by atoms with Crippen molar-refractivity contribution in [3.63, 3.8) is 0 Å². The van der Waals surface area contributed by atoms with Crippen molar-refractivity contribution < 1.29 is 0 Å². The molecule has 0 saturated heterocycles. The van der Waals surface area contributed by atoms with Crippen molar-refractivity contribution in [2.45, 2.75) is 70.6 Å². The summed E-state index contributed by atoms with van der Waals surface area (Å²) >= 11 is 0. The van der Waals surface area contributed by atoms with Crippen molar-refractivity contribution in [1.82, 2.24) is 0 Å². The first-order valence-corrected chi connectivity index (χ1v) is 6.96. The van der Waals surface area contributed by atoms with Crippen molar-refractivity contribution in [3.8, 4) is 18.2 Å². The molecule has 0 amide bonds. The zero-order valence-corrected chi connectivity index (χ0v) is 11.2. The Bertz CT molecular complexity index is 281. The Balaban J connectivity index is 3.74. The molecule has 0 bridgehead atoms. The van der Waals surface area contributed by atoms with Gasteiger partial charge in [-0.2, -0.15) is 15.8 Å². The molecule has 0 aliphatic carbocycles. The molecule has 0 heterocycles. The van der Waals surface area contributed by atoms with E-state index in [-0.39, 0.29) is 0 Å². The SMILES string of the molecule is N#CCCCCC(CCCC#N)CCCCC#N. The van der Waals surface area contributed by atoms with Crippen molar-refractivity contribution in [2.75, 3.05) is 0 Å². The van der Waals surface area contributed by atoms with Crippen LogP contribution < -0.4 is 0 Å². The molecule has 0 saturated carbocycles. The van der Waals surface area contributed by atoms with Crippen molar-refractivity contribution in [2.24, 2.45) is 5.92 Å². The Hall–Kier alpha value is -1.53. The fraction of sp³-hybridized carbons (Fsp3) is 0.800. The smallest absolute Gasteiger partial charge is 0.0621 e. The second-order valence-corrected chi connectivity index (χ2v) is 4.72. The Morgan fingerprint density at radius 3 is 1.39 bits per heavy atom. The molecular weight excluding hydrogens is 222 g/mol. The molecule has 0 radical (unpaired) electrons. The summed E-state index contributed by atoms with van der Waals surface area (Å²) in [4.78, 5) is 0. The van der Waals surface area contributed by atoms with Crippen LogP contribution in [0, 0.1) is 39.9 Å². The van der Waals surface area contributed by atoms with Crippen molar-refractivity contribution >= 4 is 0 Å². The van der Waals surface area contributed by atoms with Crippen molar-refractivity contribution in [3.05, 3.63) is 0 Å². The summed E-state index contributed by atoms with van der Waals surface area (Å²) in [6, 6.07) is 6.54. The largest absolute Gasteiger partial charge is 0.198 e. The Kier molecular flexibility index (Phi) is 12.4. The highest BCUT2D eigenvalue weighted by atomic mass is 14.2. The van der Waals surface area contributed by atoms with Gasteiger partial charge in [0.2, 0.25) is 0 Å². The van der Waals surface area contributed by atoms with E-state index >= 15 is 0 Å². The first-order valence-electron chi connectivity index (χ1n) is 6.96. The van der Waals surface area contributed by atoms with Crippen LogP contribution in [-0.4, -0.2) is 0 Å². The standard InChI is InChI=1S/C15H23N3/c16-12-6-1-3-9-15(11-5-8-14-18)10-4-2-7-13-17/h15H,1-11H2. The van der Waals surface area contributed by atoms with Crippen LogP contribution in [0.2, 0.25) is 0 Å². The van der Waals surface area contributed by atoms with Crippen LogP contribution in [0.1, 0.15) is 70.6 Å². The fourth-order valence-electron chi connectivity index (χ4n) is 2.18. The number of unbranched alkanes of at least 4 members (excludes halogenated alkanes) is 5. The summed E-state index contributed by atoms with van der Waals surface area (Å²) in [7, 11) is 0. The average molecular weight is 245 g/mol. The van der Waals surface area contributed by atoms with Gasteiger partial charge in [-0.1, -0.05) is 25.7 Å². The van der Waals surface area contributed by atoms with E-state index in [1.807, 2.05) is 0 Å². The first kappa shape index (κ1) is 16.5. The molecule has 0 fully saturated rings. The molecule has 0 aliphatic rings. The van der Waals surface area contributed by atoms with Crippen LogP contribution in [0.25, 0.3) is 0 Å². The molecule has 0 N–H and O–H groups in total. The van der Waals surface area contributed by atoms with E-state index in [2.05, 4.69) is 18.2 Å². The first-order chi connectivity index (χ1) is 8.85. The maximum absolute atomic E-state index is 8.55. The van der Waals surface area contributed by atoms with Crippen LogP contribution >= 0.6 is 0 Å². The molecule has 0 unspecified atom stereocenters. The molecule has 0 atom stereocenters. The molecule has 0 aromatic carbocycles. The second-order valence-electron chi connectivity index (χ2n) is 4.72. The molecule has 18 heavy (non-hydrogen) atoms. The number of hydrogen-bond acceptors (Lipinski definition) is 3. The minimum absolute atomic E-state index is 0.646. The maximum atomic E-state index is 8.55. The van der Waals surface area contributed by atoms with Gasteiger partial charge in [0.1, 0.15) is 0 Å². The van der Waals surface area contributed by atoms with E-state index in [9.17, 15) is 0 Å². The van der Waals surface area contributed by atoms with E-state index in [1.165, 1.54) is 12.8 Å².